The summed E-state index contributed by atoms with van der Waals surface area (Å²) < 4.78 is 0. The molecule has 2 atom stereocenters. The average molecular weight is 324 g/mol. The zero-order valence-corrected chi connectivity index (χ0v) is 13.3. The first-order chi connectivity index (χ1) is 11.2. The Kier molecular flexibility index (Phi) is 4.14. The molecule has 1 aromatic heterocycles. The van der Waals surface area contributed by atoms with Gasteiger partial charge in [-0.2, -0.15) is 10.4 Å². The first-order valence-electron chi connectivity index (χ1n) is 7.37. The zero-order chi connectivity index (χ0) is 16.4. The molecule has 0 saturated heterocycles. The number of halogens is 1. The maximum atomic E-state index is 9.22. The number of H-pyrrole nitrogens is 1. The normalized spacial score (nSPS) is 19.4. The zero-order valence-electron chi connectivity index (χ0n) is 12.5. The number of benzene rings is 1. The number of nitrogens with zero attached hydrogens (tertiary/aromatic N) is 4. The molecular weight excluding hydrogens is 310 g/mol. The number of nitrogens with one attached hydrogen (secondary N) is 1. The van der Waals surface area contributed by atoms with Crippen molar-refractivity contribution in [2.24, 2.45) is 4.99 Å². The Hall–Kier alpha value is -2.63. The monoisotopic (exact) mass is 323 g/mol. The van der Waals surface area contributed by atoms with Gasteiger partial charge in [0.2, 0.25) is 0 Å². The van der Waals surface area contributed by atoms with Gasteiger partial charge in [0.05, 0.1) is 22.7 Å². The molecule has 0 spiro atoms. The maximum absolute atomic E-state index is 9.22. The van der Waals surface area contributed by atoms with E-state index < -0.39 is 6.04 Å². The molecule has 0 bridgehead atoms. The second-order valence-electron chi connectivity index (χ2n) is 5.40. The van der Waals surface area contributed by atoms with E-state index >= 15 is 0 Å². The third-order valence-electron chi connectivity index (χ3n) is 4.02. The SMILES string of the molecule is [C-]#[N+]C1C(CCC)=Nc2[nH]ncc2C1c1cccc(C#N)c1Cl. The van der Waals surface area contributed by atoms with Crippen LogP contribution < -0.4 is 0 Å². The fraction of sp³-hybridized carbons (Fsp3) is 0.294. The first kappa shape index (κ1) is 15.3. The summed E-state index contributed by atoms with van der Waals surface area (Å²) in [4.78, 5) is 8.39. The molecule has 23 heavy (non-hydrogen) atoms. The molecule has 0 amide bonds. The van der Waals surface area contributed by atoms with Crippen molar-refractivity contribution in [2.75, 3.05) is 0 Å². The van der Waals surface area contributed by atoms with Gasteiger partial charge in [0, 0.05) is 5.56 Å². The second-order valence-corrected chi connectivity index (χ2v) is 5.78. The number of hydrogen-bond donors (Lipinski definition) is 1. The average Bonchev–Trinajstić information content (AvgIpc) is 3.02. The Balaban J connectivity index is 2.20. The molecular formula is C17H14ClN5. The van der Waals surface area contributed by atoms with Crippen molar-refractivity contribution in [2.45, 2.75) is 31.7 Å². The lowest BCUT2D eigenvalue weighted by Crippen LogP contribution is -2.29. The molecule has 0 aliphatic carbocycles. The van der Waals surface area contributed by atoms with Gasteiger partial charge >= 0.3 is 0 Å². The van der Waals surface area contributed by atoms with Crippen LogP contribution in [-0.4, -0.2) is 22.0 Å². The smallest absolute Gasteiger partial charge is 0.272 e. The van der Waals surface area contributed by atoms with Crippen LogP contribution in [0.5, 0.6) is 0 Å². The van der Waals surface area contributed by atoms with Crippen molar-refractivity contribution >= 4 is 23.1 Å². The van der Waals surface area contributed by atoms with E-state index in [1.807, 2.05) is 6.07 Å². The van der Waals surface area contributed by atoms with E-state index in [9.17, 15) is 5.26 Å². The maximum Gasteiger partial charge on any atom is 0.272 e. The molecule has 114 valence electrons. The summed E-state index contributed by atoms with van der Waals surface area (Å²) >= 11 is 6.43. The molecule has 0 fully saturated rings. The summed E-state index contributed by atoms with van der Waals surface area (Å²) in [6.45, 7) is 9.71. The van der Waals surface area contributed by atoms with Crippen LogP contribution in [-0.2, 0) is 0 Å². The highest BCUT2D eigenvalue weighted by atomic mass is 35.5. The highest BCUT2D eigenvalue weighted by Gasteiger charge is 2.41. The molecule has 0 saturated carbocycles. The Morgan fingerprint density at radius 2 is 2.26 bits per heavy atom. The summed E-state index contributed by atoms with van der Waals surface area (Å²) in [6.07, 6.45) is 3.35. The summed E-state index contributed by atoms with van der Waals surface area (Å²) in [7, 11) is 0. The number of hydrogen-bond acceptors (Lipinski definition) is 3. The molecule has 3 rings (SSSR count). The van der Waals surface area contributed by atoms with E-state index in [2.05, 4.69) is 33.0 Å². The highest BCUT2D eigenvalue weighted by molar-refractivity contribution is 6.32. The lowest BCUT2D eigenvalue weighted by molar-refractivity contribution is 0.769. The number of aromatic nitrogens is 2. The summed E-state index contributed by atoms with van der Waals surface area (Å²) in [5.74, 6) is 0.415. The third kappa shape index (κ3) is 2.50. The quantitative estimate of drug-likeness (QED) is 0.858. The molecule has 2 unspecified atom stereocenters. The predicted molar refractivity (Wildman–Crippen MR) is 89.0 cm³/mol. The second kappa shape index (κ2) is 6.24. The molecule has 2 aromatic rings. The largest absolute Gasteiger partial charge is 0.306 e. The van der Waals surface area contributed by atoms with Crippen molar-refractivity contribution in [1.82, 2.24) is 10.2 Å². The predicted octanol–water partition coefficient (Wildman–Crippen LogP) is 4.24. The van der Waals surface area contributed by atoms with Crippen LogP contribution in [0.15, 0.2) is 29.4 Å². The summed E-state index contributed by atoms with van der Waals surface area (Å²) in [5, 5.41) is 16.6. The summed E-state index contributed by atoms with van der Waals surface area (Å²) in [6, 6.07) is 7.02. The third-order valence-corrected chi connectivity index (χ3v) is 4.45. The lowest BCUT2D eigenvalue weighted by atomic mass is 9.81. The van der Waals surface area contributed by atoms with Crippen molar-refractivity contribution in [3.05, 3.63) is 57.5 Å². The van der Waals surface area contributed by atoms with Crippen LogP contribution in [0.2, 0.25) is 5.02 Å². The van der Waals surface area contributed by atoms with Gasteiger partial charge in [0.25, 0.3) is 6.04 Å². The molecule has 1 aromatic carbocycles. The fourth-order valence-corrected chi connectivity index (χ4v) is 3.29. The van der Waals surface area contributed by atoms with Crippen molar-refractivity contribution < 1.29 is 0 Å². The molecule has 1 N–H and O–H groups in total. The van der Waals surface area contributed by atoms with E-state index in [0.717, 1.165) is 29.7 Å². The van der Waals surface area contributed by atoms with Crippen LogP contribution in [0.4, 0.5) is 5.82 Å². The van der Waals surface area contributed by atoms with Crippen molar-refractivity contribution in [3.63, 3.8) is 0 Å². The Morgan fingerprint density at radius 3 is 2.96 bits per heavy atom. The van der Waals surface area contributed by atoms with Gasteiger partial charge in [0.15, 0.2) is 5.82 Å². The summed E-state index contributed by atoms with van der Waals surface area (Å²) in [5.41, 5.74) is 2.88. The van der Waals surface area contributed by atoms with E-state index in [0.29, 0.717) is 16.4 Å². The van der Waals surface area contributed by atoms with Gasteiger partial charge < -0.3 is 4.85 Å². The van der Waals surface area contributed by atoms with Crippen LogP contribution in [0.1, 0.15) is 42.4 Å². The van der Waals surface area contributed by atoms with Gasteiger partial charge in [-0.3, -0.25) is 5.10 Å². The number of nitriles is 1. The molecule has 1 aliphatic heterocycles. The molecule has 1 aliphatic rings. The molecule has 0 radical (unpaired) electrons. The highest BCUT2D eigenvalue weighted by Crippen LogP contribution is 2.42. The number of rotatable bonds is 3. The minimum atomic E-state index is -0.425. The van der Waals surface area contributed by atoms with Crippen LogP contribution >= 0.6 is 11.6 Å². The van der Waals surface area contributed by atoms with Crippen molar-refractivity contribution in [1.29, 1.82) is 5.26 Å². The van der Waals surface area contributed by atoms with Crippen LogP contribution in [0, 0.1) is 17.9 Å². The van der Waals surface area contributed by atoms with Gasteiger partial charge in [-0.15, -0.1) is 0 Å². The number of fused-ring (bicyclic) bond motifs is 1. The van der Waals surface area contributed by atoms with E-state index in [1.165, 1.54) is 0 Å². The van der Waals surface area contributed by atoms with Crippen molar-refractivity contribution in [3.8, 4) is 6.07 Å². The van der Waals surface area contributed by atoms with E-state index in [-0.39, 0.29) is 5.92 Å². The standard InChI is InChI=1S/C17H14ClN5/c1-3-5-13-16(20-2)14(12-9-21-23-17(12)22-13)11-7-4-6-10(8-19)15(11)18/h4,6-7,9,14,16H,3,5H2,1H3,(H,21,23). The fourth-order valence-electron chi connectivity index (χ4n) is 3.00. The van der Waals surface area contributed by atoms with E-state index in [4.69, 9.17) is 18.2 Å². The number of aliphatic imine (C=N–C) groups is 1. The Morgan fingerprint density at radius 1 is 1.43 bits per heavy atom. The Bertz CT molecular complexity index is 853. The Labute approximate surface area is 139 Å². The minimum absolute atomic E-state index is 0.263. The van der Waals surface area contributed by atoms with E-state index in [1.54, 1.807) is 18.3 Å². The van der Waals surface area contributed by atoms with Gasteiger partial charge in [-0.25, -0.2) is 11.6 Å². The minimum Gasteiger partial charge on any atom is -0.306 e. The first-order valence-corrected chi connectivity index (χ1v) is 7.74. The molecule has 6 heteroatoms. The lowest BCUT2D eigenvalue weighted by Gasteiger charge is -2.24. The topological polar surface area (TPSA) is 69.2 Å². The van der Waals surface area contributed by atoms with Crippen LogP contribution in [0.25, 0.3) is 4.85 Å². The number of aromatic amines is 1. The van der Waals surface area contributed by atoms with Gasteiger partial charge in [-0.05, 0) is 18.1 Å². The molecule has 5 nitrogen and oxygen atoms in total. The van der Waals surface area contributed by atoms with Crippen LogP contribution in [0.3, 0.4) is 0 Å². The molecule has 2 heterocycles. The van der Waals surface area contributed by atoms with Gasteiger partial charge in [0.1, 0.15) is 11.8 Å². The van der Waals surface area contributed by atoms with Gasteiger partial charge in [-0.1, -0.05) is 37.1 Å².